The zero-order valence-electron chi connectivity index (χ0n) is 13.0. The summed E-state index contributed by atoms with van der Waals surface area (Å²) in [7, 11) is 0. The van der Waals surface area contributed by atoms with Gasteiger partial charge < -0.3 is 10.2 Å². The highest BCUT2D eigenvalue weighted by Gasteiger charge is 2.29. The molecule has 0 aliphatic carbocycles. The van der Waals surface area contributed by atoms with Crippen LogP contribution >= 0.6 is 0 Å². The maximum atomic E-state index is 3.71. The van der Waals surface area contributed by atoms with Crippen LogP contribution in [0.3, 0.4) is 0 Å². The molecular weight excluding hydrogens is 232 g/mol. The molecule has 2 nitrogen and oxygen atoms in total. The summed E-state index contributed by atoms with van der Waals surface area (Å²) in [4.78, 5) is 2.63. The molecule has 0 aromatic heterocycles. The van der Waals surface area contributed by atoms with Gasteiger partial charge in [-0.2, -0.15) is 0 Å². The predicted octanol–water partition coefficient (Wildman–Crippen LogP) is 3.52. The number of anilines is 1. The second kappa shape index (κ2) is 5.96. The van der Waals surface area contributed by atoms with E-state index in [1.165, 1.54) is 23.2 Å². The van der Waals surface area contributed by atoms with Crippen LogP contribution in [0.15, 0.2) is 18.2 Å². The third-order valence-electron chi connectivity index (χ3n) is 4.61. The maximum Gasteiger partial charge on any atom is 0.0412 e. The molecule has 1 saturated heterocycles. The Hall–Kier alpha value is -1.02. The summed E-state index contributed by atoms with van der Waals surface area (Å²) in [5.41, 5.74) is 4.26. The van der Waals surface area contributed by atoms with Gasteiger partial charge in [-0.25, -0.2) is 0 Å². The highest BCUT2D eigenvalue weighted by molar-refractivity contribution is 5.57. The fraction of sp³-hybridized carbons (Fsp3) is 0.647. The lowest BCUT2D eigenvalue weighted by Gasteiger charge is -2.44. The lowest BCUT2D eigenvalue weighted by Crippen LogP contribution is -2.58. The number of nitrogens with zero attached hydrogens (tertiary/aromatic N) is 1. The van der Waals surface area contributed by atoms with E-state index in [0.29, 0.717) is 18.0 Å². The van der Waals surface area contributed by atoms with Gasteiger partial charge in [-0.3, -0.25) is 0 Å². The Bertz CT molecular complexity index is 425. The van der Waals surface area contributed by atoms with Gasteiger partial charge in [-0.15, -0.1) is 0 Å². The SMILES string of the molecule is CCC1CNC(C(C)C)CN1c1cccc(C)c1C. The summed E-state index contributed by atoms with van der Waals surface area (Å²) in [6, 6.07) is 7.91. The highest BCUT2D eigenvalue weighted by atomic mass is 15.2. The average molecular weight is 260 g/mol. The molecule has 1 aromatic carbocycles. The molecule has 2 heteroatoms. The van der Waals surface area contributed by atoms with Crippen molar-refractivity contribution >= 4 is 5.69 Å². The van der Waals surface area contributed by atoms with E-state index < -0.39 is 0 Å². The van der Waals surface area contributed by atoms with Crippen molar-refractivity contribution in [3.05, 3.63) is 29.3 Å². The molecule has 0 bridgehead atoms. The molecule has 1 aromatic rings. The summed E-state index contributed by atoms with van der Waals surface area (Å²) in [6.45, 7) is 13.6. The Balaban J connectivity index is 2.30. The Kier molecular flexibility index (Phi) is 4.51. The number of aryl methyl sites for hydroxylation is 1. The minimum Gasteiger partial charge on any atom is -0.365 e. The van der Waals surface area contributed by atoms with E-state index >= 15 is 0 Å². The third kappa shape index (κ3) is 2.94. The van der Waals surface area contributed by atoms with Crippen molar-refractivity contribution in [3.8, 4) is 0 Å². The predicted molar refractivity (Wildman–Crippen MR) is 84.0 cm³/mol. The molecule has 2 atom stereocenters. The van der Waals surface area contributed by atoms with Crippen LogP contribution in [0.4, 0.5) is 5.69 Å². The Labute approximate surface area is 118 Å². The summed E-state index contributed by atoms with van der Waals surface area (Å²) in [5.74, 6) is 0.686. The van der Waals surface area contributed by atoms with Crippen LogP contribution in [0, 0.1) is 19.8 Å². The van der Waals surface area contributed by atoms with Crippen LogP contribution in [0.25, 0.3) is 0 Å². The van der Waals surface area contributed by atoms with Crippen molar-refractivity contribution in [2.24, 2.45) is 5.92 Å². The minimum atomic E-state index is 0.600. The molecule has 106 valence electrons. The van der Waals surface area contributed by atoms with E-state index in [4.69, 9.17) is 0 Å². The van der Waals surface area contributed by atoms with Gasteiger partial charge in [0.1, 0.15) is 0 Å². The first kappa shape index (κ1) is 14.4. The minimum absolute atomic E-state index is 0.600. The van der Waals surface area contributed by atoms with Crippen molar-refractivity contribution in [1.29, 1.82) is 0 Å². The van der Waals surface area contributed by atoms with E-state index in [-0.39, 0.29) is 0 Å². The van der Waals surface area contributed by atoms with Gasteiger partial charge in [-0.05, 0) is 43.4 Å². The number of hydrogen-bond acceptors (Lipinski definition) is 2. The number of hydrogen-bond donors (Lipinski definition) is 1. The van der Waals surface area contributed by atoms with Gasteiger partial charge in [-0.1, -0.05) is 32.9 Å². The topological polar surface area (TPSA) is 15.3 Å². The first-order valence-electron chi connectivity index (χ1n) is 7.60. The second-order valence-electron chi connectivity index (χ2n) is 6.19. The molecule has 1 aliphatic heterocycles. The molecular formula is C17H28N2. The van der Waals surface area contributed by atoms with Gasteiger partial charge in [0.15, 0.2) is 0 Å². The first-order valence-corrected chi connectivity index (χ1v) is 7.60. The van der Waals surface area contributed by atoms with Crippen LogP contribution in [0.2, 0.25) is 0 Å². The van der Waals surface area contributed by atoms with E-state index in [0.717, 1.165) is 13.1 Å². The summed E-state index contributed by atoms with van der Waals surface area (Å²) >= 11 is 0. The number of nitrogens with one attached hydrogen (secondary N) is 1. The van der Waals surface area contributed by atoms with Gasteiger partial charge >= 0.3 is 0 Å². The highest BCUT2D eigenvalue weighted by Crippen LogP contribution is 2.28. The Morgan fingerprint density at radius 3 is 2.68 bits per heavy atom. The van der Waals surface area contributed by atoms with Crippen LogP contribution in [-0.4, -0.2) is 25.2 Å². The number of piperazine rings is 1. The summed E-state index contributed by atoms with van der Waals surface area (Å²) in [6.07, 6.45) is 1.20. The molecule has 0 amide bonds. The Morgan fingerprint density at radius 2 is 2.05 bits per heavy atom. The quantitative estimate of drug-likeness (QED) is 0.894. The van der Waals surface area contributed by atoms with Crippen molar-refractivity contribution in [2.45, 2.75) is 53.1 Å². The van der Waals surface area contributed by atoms with Crippen molar-refractivity contribution in [2.75, 3.05) is 18.0 Å². The summed E-state index contributed by atoms with van der Waals surface area (Å²) < 4.78 is 0. The molecule has 1 fully saturated rings. The van der Waals surface area contributed by atoms with E-state index in [1.54, 1.807) is 0 Å². The van der Waals surface area contributed by atoms with Crippen molar-refractivity contribution < 1.29 is 0 Å². The lowest BCUT2D eigenvalue weighted by atomic mass is 9.96. The molecule has 2 rings (SSSR count). The number of benzene rings is 1. The smallest absolute Gasteiger partial charge is 0.0412 e. The molecule has 1 N–H and O–H groups in total. The molecule has 1 heterocycles. The first-order chi connectivity index (χ1) is 9.04. The van der Waals surface area contributed by atoms with E-state index in [2.05, 4.69) is 63.0 Å². The third-order valence-corrected chi connectivity index (χ3v) is 4.61. The molecule has 0 spiro atoms. The zero-order chi connectivity index (χ0) is 14.0. The fourth-order valence-corrected chi connectivity index (χ4v) is 2.98. The van der Waals surface area contributed by atoms with Crippen LogP contribution in [0.5, 0.6) is 0 Å². The van der Waals surface area contributed by atoms with Gasteiger partial charge in [0, 0.05) is 30.9 Å². The average Bonchev–Trinajstić information content (AvgIpc) is 2.41. The van der Waals surface area contributed by atoms with Crippen LogP contribution in [0.1, 0.15) is 38.3 Å². The maximum absolute atomic E-state index is 3.71. The largest absolute Gasteiger partial charge is 0.365 e. The zero-order valence-corrected chi connectivity index (χ0v) is 13.0. The molecule has 0 radical (unpaired) electrons. The van der Waals surface area contributed by atoms with Crippen molar-refractivity contribution in [3.63, 3.8) is 0 Å². The van der Waals surface area contributed by atoms with E-state index in [9.17, 15) is 0 Å². The fourth-order valence-electron chi connectivity index (χ4n) is 2.98. The van der Waals surface area contributed by atoms with E-state index in [1.807, 2.05) is 0 Å². The molecule has 1 aliphatic rings. The van der Waals surface area contributed by atoms with Crippen LogP contribution in [-0.2, 0) is 0 Å². The van der Waals surface area contributed by atoms with Gasteiger partial charge in [0.05, 0.1) is 0 Å². The monoisotopic (exact) mass is 260 g/mol. The number of rotatable bonds is 3. The molecule has 2 unspecified atom stereocenters. The van der Waals surface area contributed by atoms with Crippen molar-refractivity contribution in [1.82, 2.24) is 5.32 Å². The molecule has 0 saturated carbocycles. The van der Waals surface area contributed by atoms with Gasteiger partial charge in [0.25, 0.3) is 0 Å². The summed E-state index contributed by atoms with van der Waals surface area (Å²) in [5, 5.41) is 3.71. The molecule has 19 heavy (non-hydrogen) atoms. The Morgan fingerprint density at radius 1 is 1.32 bits per heavy atom. The second-order valence-corrected chi connectivity index (χ2v) is 6.19. The standard InChI is InChI=1S/C17H28N2/c1-6-15-10-18-16(12(2)3)11-19(15)17-9-7-8-13(4)14(17)5/h7-9,12,15-16,18H,6,10-11H2,1-5H3. The van der Waals surface area contributed by atoms with Gasteiger partial charge in [0.2, 0.25) is 0 Å². The lowest BCUT2D eigenvalue weighted by molar-refractivity contribution is 0.325. The normalized spacial score (nSPS) is 24.0. The van der Waals surface area contributed by atoms with Crippen LogP contribution < -0.4 is 10.2 Å².